The number of hydrogen-bond acceptors (Lipinski definition) is 2. The Morgan fingerprint density at radius 2 is 1.83 bits per heavy atom. The Hall–Kier alpha value is -1.51. The highest BCUT2D eigenvalue weighted by Crippen LogP contribution is 2.19. The first-order valence-corrected chi connectivity index (χ1v) is 6.59. The quantitative estimate of drug-likeness (QED) is 0.841. The van der Waals surface area contributed by atoms with Gasteiger partial charge in [-0.3, -0.25) is 4.79 Å². The molecule has 0 saturated heterocycles. The molecule has 1 atom stereocenters. The zero-order valence-electron chi connectivity index (χ0n) is 11.7. The van der Waals surface area contributed by atoms with Crippen LogP contribution in [0.2, 0.25) is 0 Å². The Kier molecular flexibility index (Phi) is 5.69. The average molecular weight is 249 g/mol. The largest absolute Gasteiger partial charge is 0.481 e. The molecule has 0 fully saturated rings. The van der Waals surface area contributed by atoms with Gasteiger partial charge < -0.3 is 10.1 Å². The third kappa shape index (κ3) is 4.40. The molecule has 1 N–H and O–H groups in total. The third-order valence-corrected chi connectivity index (χ3v) is 2.78. The van der Waals surface area contributed by atoms with E-state index in [0.29, 0.717) is 12.5 Å². The number of rotatable bonds is 6. The first-order chi connectivity index (χ1) is 8.54. The molecule has 18 heavy (non-hydrogen) atoms. The van der Waals surface area contributed by atoms with Crippen molar-refractivity contribution in [3.8, 4) is 5.75 Å². The molecule has 0 saturated carbocycles. The first kappa shape index (κ1) is 14.6. The summed E-state index contributed by atoms with van der Waals surface area (Å²) in [5.74, 6) is 1.17. The molecule has 3 nitrogen and oxygen atoms in total. The van der Waals surface area contributed by atoms with Crippen LogP contribution in [0.25, 0.3) is 0 Å². The van der Waals surface area contributed by atoms with E-state index in [2.05, 4.69) is 19.2 Å². The zero-order valence-corrected chi connectivity index (χ0v) is 11.7. The van der Waals surface area contributed by atoms with Gasteiger partial charge in [0.25, 0.3) is 5.91 Å². The molecule has 1 aromatic rings. The maximum Gasteiger partial charge on any atom is 0.260 e. The Balaban J connectivity index is 2.53. The maximum absolute atomic E-state index is 11.6. The minimum absolute atomic E-state index is 0.0650. The second kappa shape index (κ2) is 7.04. The van der Waals surface area contributed by atoms with Crippen LogP contribution in [0.1, 0.15) is 45.6 Å². The van der Waals surface area contributed by atoms with Gasteiger partial charge in [-0.05, 0) is 37.0 Å². The molecule has 0 aliphatic heterocycles. The molecule has 0 aliphatic rings. The van der Waals surface area contributed by atoms with Crippen LogP contribution >= 0.6 is 0 Å². The van der Waals surface area contributed by atoms with Crippen molar-refractivity contribution < 1.29 is 9.53 Å². The van der Waals surface area contributed by atoms with Crippen molar-refractivity contribution in [2.45, 2.75) is 46.1 Å². The van der Waals surface area contributed by atoms with Gasteiger partial charge in [-0.2, -0.15) is 0 Å². The van der Waals surface area contributed by atoms with E-state index in [4.69, 9.17) is 4.74 Å². The summed E-state index contributed by atoms with van der Waals surface area (Å²) in [6.07, 6.45) is 0.475. The fraction of sp³-hybridized carbons (Fsp3) is 0.533. The van der Waals surface area contributed by atoms with Gasteiger partial charge in [-0.15, -0.1) is 0 Å². The minimum atomic E-state index is -0.457. The lowest BCUT2D eigenvalue weighted by Gasteiger charge is -2.15. The van der Waals surface area contributed by atoms with Crippen molar-refractivity contribution >= 4 is 5.91 Å². The second-order valence-corrected chi connectivity index (χ2v) is 4.77. The summed E-state index contributed by atoms with van der Waals surface area (Å²) in [5.41, 5.74) is 1.27. The topological polar surface area (TPSA) is 38.3 Å². The lowest BCUT2D eigenvalue weighted by Crippen LogP contribution is -2.36. The van der Waals surface area contributed by atoms with Crippen LogP contribution < -0.4 is 10.1 Å². The summed E-state index contributed by atoms with van der Waals surface area (Å²) < 4.78 is 5.60. The number of hydrogen-bond donors (Lipinski definition) is 1. The van der Waals surface area contributed by atoms with Crippen molar-refractivity contribution in [2.24, 2.45) is 0 Å². The van der Waals surface area contributed by atoms with Gasteiger partial charge in [0, 0.05) is 6.54 Å². The number of ether oxygens (including phenoxy) is 1. The van der Waals surface area contributed by atoms with E-state index >= 15 is 0 Å². The van der Waals surface area contributed by atoms with Gasteiger partial charge >= 0.3 is 0 Å². The van der Waals surface area contributed by atoms with E-state index in [9.17, 15) is 4.79 Å². The number of nitrogens with one attached hydrogen (secondary N) is 1. The molecule has 1 amide bonds. The van der Waals surface area contributed by atoms with Crippen molar-refractivity contribution in [3.63, 3.8) is 0 Å². The fourth-order valence-corrected chi connectivity index (χ4v) is 1.58. The highest BCUT2D eigenvalue weighted by atomic mass is 16.5. The highest BCUT2D eigenvalue weighted by Gasteiger charge is 2.13. The molecule has 0 heterocycles. The van der Waals surface area contributed by atoms with Crippen LogP contribution in [-0.2, 0) is 4.79 Å². The number of amides is 1. The molecular formula is C15H23NO2. The molecule has 0 radical (unpaired) electrons. The molecule has 100 valence electrons. The molecule has 0 aromatic heterocycles. The fourth-order valence-electron chi connectivity index (χ4n) is 1.58. The van der Waals surface area contributed by atoms with Crippen molar-refractivity contribution in [2.75, 3.05) is 6.54 Å². The van der Waals surface area contributed by atoms with Crippen LogP contribution in [0.15, 0.2) is 24.3 Å². The van der Waals surface area contributed by atoms with Gasteiger partial charge in [0.15, 0.2) is 6.10 Å². The van der Waals surface area contributed by atoms with E-state index < -0.39 is 6.10 Å². The molecule has 0 bridgehead atoms. The normalized spacial score (nSPS) is 12.3. The minimum Gasteiger partial charge on any atom is -0.481 e. The lowest BCUT2D eigenvalue weighted by molar-refractivity contribution is -0.127. The Morgan fingerprint density at radius 3 is 2.33 bits per heavy atom. The second-order valence-electron chi connectivity index (χ2n) is 4.77. The Morgan fingerprint density at radius 1 is 1.22 bits per heavy atom. The van der Waals surface area contributed by atoms with Gasteiger partial charge in [0.1, 0.15) is 5.75 Å². The molecule has 1 aromatic carbocycles. The predicted octanol–water partition coefficient (Wildman–Crippen LogP) is 3.10. The lowest BCUT2D eigenvalue weighted by atomic mass is 10.0. The van der Waals surface area contributed by atoms with Crippen LogP contribution in [0.5, 0.6) is 5.75 Å². The van der Waals surface area contributed by atoms with Gasteiger partial charge in [0.05, 0.1) is 0 Å². The summed E-state index contributed by atoms with van der Waals surface area (Å²) in [6.45, 7) is 8.78. The average Bonchev–Trinajstić information content (AvgIpc) is 2.36. The number of carbonyl (C=O) groups is 1. The SMILES string of the molecule is CCCNC(=O)C(C)Oc1ccc(C(C)C)cc1. The van der Waals surface area contributed by atoms with E-state index in [1.54, 1.807) is 6.92 Å². The van der Waals surface area contributed by atoms with Crippen LogP contribution in [-0.4, -0.2) is 18.6 Å². The summed E-state index contributed by atoms with van der Waals surface area (Å²) in [4.78, 5) is 11.6. The van der Waals surface area contributed by atoms with Crippen molar-refractivity contribution in [1.29, 1.82) is 0 Å². The van der Waals surface area contributed by atoms with Crippen LogP contribution in [0, 0.1) is 0 Å². The number of carbonyl (C=O) groups excluding carboxylic acids is 1. The Labute approximate surface area is 110 Å². The molecular weight excluding hydrogens is 226 g/mol. The monoisotopic (exact) mass is 249 g/mol. The number of benzene rings is 1. The standard InChI is InChI=1S/C15H23NO2/c1-5-10-16-15(17)12(4)18-14-8-6-13(7-9-14)11(2)3/h6-9,11-12H,5,10H2,1-4H3,(H,16,17). The van der Waals surface area contributed by atoms with Crippen molar-refractivity contribution in [3.05, 3.63) is 29.8 Å². The van der Waals surface area contributed by atoms with E-state index in [1.807, 2.05) is 31.2 Å². The molecule has 1 rings (SSSR count). The van der Waals surface area contributed by atoms with E-state index in [1.165, 1.54) is 5.56 Å². The van der Waals surface area contributed by atoms with E-state index in [-0.39, 0.29) is 5.91 Å². The summed E-state index contributed by atoms with van der Waals surface area (Å²) in [7, 11) is 0. The smallest absolute Gasteiger partial charge is 0.260 e. The first-order valence-electron chi connectivity index (χ1n) is 6.59. The van der Waals surface area contributed by atoms with Gasteiger partial charge in [-0.1, -0.05) is 32.9 Å². The Bertz CT molecular complexity index is 371. The summed E-state index contributed by atoms with van der Waals surface area (Å²) in [6, 6.07) is 7.91. The summed E-state index contributed by atoms with van der Waals surface area (Å²) in [5, 5.41) is 2.82. The van der Waals surface area contributed by atoms with Crippen molar-refractivity contribution in [1.82, 2.24) is 5.32 Å². The molecule has 3 heteroatoms. The zero-order chi connectivity index (χ0) is 13.5. The molecule has 0 aliphatic carbocycles. The third-order valence-electron chi connectivity index (χ3n) is 2.78. The molecule has 1 unspecified atom stereocenters. The van der Waals surface area contributed by atoms with Gasteiger partial charge in [0.2, 0.25) is 0 Å². The van der Waals surface area contributed by atoms with Crippen LogP contribution in [0.4, 0.5) is 0 Å². The highest BCUT2D eigenvalue weighted by molar-refractivity contribution is 5.80. The molecule has 0 spiro atoms. The van der Waals surface area contributed by atoms with Gasteiger partial charge in [-0.25, -0.2) is 0 Å². The van der Waals surface area contributed by atoms with E-state index in [0.717, 1.165) is 12.2 Å². The summed E-state index contributed by atoms with van der Waals surface area (Å²) >= 11 is 0. The predicted molar refractivity (Wildman–Crippen MR) is 73.9 cm³/mol. The maximum atomic E-state index is 11.6. The van der Waals surface area contributed by atoms with Crippen LogP contribution in [0.3, 0.4) is 0 Å².